The summed E-state index contributed by atoms with van der Waals surface area (Å²) < 4.78 is 0. The zero-order valence-corrected chi connectivity index (χ0v) is 16.1. The van der Waals surface area contributed by atoms with Crippen molar-refractivity contribution >= 4 is 34.9 Å². The summed E-state index contributed by atoms with van der Waals surface area (Å²) in [5.41, 5.74) is 4.06. The van der Waals surface area contributed by atoms with Crippen LogP contribution in [-0.2, 0) is 17.6 Å². The zero-order valence-electron chi connectivity index (χ0n) is 15.3. The Morgan fingerprint density at radius 3 is 2.68 bits per heavy atom. The summed E-state index contributed by atoms with van der Waals surface area (Å²) >= 11 is 0.931. The Kier molecular flexibility index (Phi) is 5.30. The van der Waals surface area contributed by atoms with E-state index < -0.39 is 0 Å². The molecular formula is C22H20N2O3S. The van der Waals surface area contributed by atoms with E-state index in [2.05, 4.69) is 5.32 Å². The first-order valence-corrected chi connectivity index (χ1v) is 10.1. The molecule has 1 N–H and O–H groups in total. The van der Waals surface area contributed by atoms with E-state index in [1.165, 1.54) is 16.0 Å². The van der Waals surface area contributed by atoms with Crippen LogP contribution in [0.15, 0.2) is 53.4 Å². The molecule has 1 fully saturated rings. The van der Waals surface area contributed by atoms with E-state index in [4.69, 9.17) is 0 Å². The molecule has 5 nitrogen and oxygen atoms in total. The molecule has 28 heavy (non-hydrogen) atoms. The van der Waals surface area contributed by atoms with Crippen LogP contribution < -0.4 is 5.32 Å². The summed E-state index contributed by atoms with van der Waals surface area (Å²) in [7, 11) is 0. The molecule has 2 aliphatic rings. The van der Waals surface area contributed by atoms with Crippen molar-refractivity contribution in [3.63, 3.8) is 0 Å². The number of imide groups is 1. The summed E-state index contributed by atoms with van der Waals surface area (Å²) in [5.74, 6) is -0.493. The summed E-state index contributed by atoms with van der Waals surface area (Å²) in [4.78, 5) is 38.6. The van der Waals surface area contributed by atoms with Crippen LogP contribution in [0.5, 0.6) is 0 Å². The molecule has 0 bridgehead atoms. The minimum Gasteiger partial charge on any atom is -0.350 e. The van der Waals surface area contributed by atoms with E-state index in [0.717, 1.165) is 36.6 Å². The lowest BCUT2D eigenvalue weighted by atomic mass is 10.1. The summed E-state index contributed by atoms with van der Waals surface area (Å²) in [5, 5.41) is 2.50. The number of carbonyl (C=O) groups excluding carboxylic acids is 3. The van der Waals surface area contributed by atoms with Crippen LogP contribution in [0, 0.1) is 0 Å². The molecule has 1 aliphatic heterocycles. The van der Waals surface area contributed by atoms with Gasteiger partial charge in [0.05, 0.1) is 4.91 Å². The summed E-state index contributed by atoms with van der Waals surface area (Å²) in [6.07, 6.45) is 4.94. The average molecular weight is 392 g/mol. The highest BCUT2D eigenvalue weighted by Crippen LogP contribution is 2.31. The number of benzene rings is 2. The molecule has 1 heterocycles. The van der Waals surface area contributed by atoms with Crippen molar-refractivity contribution in [2.75, 3.05) is 13.1 Å². The van der Waals surface area contributed by atoms with Crippen LogP contribution in [0.25, 0.3) is 6.08 Å². The molecule has 0 aromatic heterocycles. The number of hydrogen-bond donors (Lipinski definition) is 1. The van der Waals surface area contributed by atoms with Gasteiger partial charge in [-0.2, -0.15) is 0 Å². The number of nitrogens with one attached hydrogen (secondary N) is 1. The Labute approximate surface area is 167 Å². The van der Waals surface area contributed by atoms with E-state index in [9.17, 15) is 14.4 Å². The number of hydrogen-bond acceptors (Lipinski definition) is 4. The van der Waals surface area contributed by atoms with E-state index in [0.29, 0.717) is 10.5 Å². The molecular weight excluding hydrogens is 372 g/mol. The molecule has 0 atom stereocenters. The Morgan fingerprint density at radius 1 is 1.07 bits per heavy atom. The van der Waals surface area contributed by atoms with Gasteiger partial charge in [0.15, 0.2) is 0 Å². The van der Waals surface area contributed by atoms with Crippen molar-refractivity contribution in [2.45, 2.75) is 19.3 Å². The van der Waals surface area contributed by atoms with Crippen molar-refractivity contribution in [3.05, 3.63) is 75.7 Å². The fourth-order valence-electron chi connectivity index (χ4n) is 3.49. The zero-order chi connectivity index (χ0) is 19.5. The molecule has 0 spiro atoms. The Balaban J connectivity index is 1.34. The molecule has 1 aliphatic carbocycles. The van der Waals surface area contributed by atoms with Crippen LogP contribution in [-0.4, -0.2) is 35.0 Å². The largest absolute Gasteiger partial charge is 0.350 e. The van der Waals surface area contributed by atoms with Crippen molar-refractivity contribution in [2.24, 2.45) is 0 Å². The molecule has 142 valence electrons. The maximum Gasteiger partial charge on any atom is 0.293 e. The van der Waals surface area contributed by atoms with Crippen molar-refractivity contribution in [1.29, 1.82) is 0 Å². The van der Waals surface area contributed by atoms with Crippen LogP contribution in [0.4, 0.5) is 4.79 Å². The van der Waals surface area contributed by atoms with Gasteiger partial charge in [-0.3, -0.25) is 19.3 Å². The fraction of sp³-hybridized carbons (Fsp3) is 0.227. The molecule has 6 heteroatoms. The first-order chi connectivity index (χ1) is 13.6. The van der Waals surface area contributed by atoms with E-state index >= 15 is 0 Å². The summed E-state index contributed by atoms with van der Waals surface area (Å²) in [6.45, 7) is 0.389. The van der Waals surface area contributed by atoms with Crippen molar-refractivity contribution in [1.82, 2.24) is 10.2 Å². The highest BCUT2D eigenvalue weighted by molar-refractivity contribution is 8.18. The predicted octanol–water partition coefficient (Wildman–Crippen LogP) is 3.64. The van der Waals surface area contributed by atoms with Crippen LogP contribution in [0.3, 0.4) is 0 Å². The second-order valence-corrected chi connectivity index (χ2v) is 7.83. The Bertz CT molecular complexity index is 969. The van der Waals surface area contributed by atoms with Crippen LogP contribution >= 0.6 is 11.8 Å². The van der Waals surface area contributed by atoms with Gasteiger partial charge in [-0.05, 0) is 65.9 Å². The number of thioether (sulfide) groups is 1. The maximum absolute atomic E-state index is 12.5. The molecule has 2 aromatic rings. The lowest BCUT2D eigenvalue weighted by molar-refractivity contribution is -0.122. The minimum atomic E-state index is -0.314. The van der Waals surface area contributed by atoms with Gasteiger partial charge in [0.1, 0.15) is 0 Å². The molecule has 4 rings (SSSR count). The molecule has 0 unspecified atom stereocenters. The Hall–Kier alpha value is -2.86. The fourth-order valence-corrected chi connectivity index (χ4v) is 4.35. The van der Waals surface area contributed by atoms with Crippen LogP contribution in [0.1, 0.15) is 33.5 Å². The van der Waals surface area contributed by atoms with Gasteiger partial charge in [0, 0.05) is 18.7 Å². The number of nitrogens with zero attached hydrogens (tertiary/aromatic N) is 1. The van der Waals surface area contributed by atoms with Gasteiger partial charge >= 0.3 is 0 Å². The van der Waals surface area contributed by atoms with Crippen molar-refractivity contribution < 1.29 is 14.4 Å². The van der Waals surface area contributed by atoms with Gasteiger partial charge in [0.2, 0.25) is 0 Å². The second kappa shape index (κ2) is 8.02. The normalized spacial score (nSPS) is 17.3. The standard InChI is InChI=1S/C22H20N2O3S/c25-20(18-10-9-16-7-4-8-17(16)14-18)23-11-12-24-21(26)19(28-22(24)27)13-15-5-2-1-3-6-15/h1-3,5-6,9-10,13-14H,4,7-8,11-12H2,(H,23,25)/b19-13-. The molecule has 2 aromatic carbocycles. The number of amides is 3. The average Bonchev–Trinajstić information content (AvgIpc) is 3.28. The monoisotopic (exact) mass is 392 g/mol. The Morgan fingerprint density at radius 2 is 1.86 bits per heavy atom. The molecule has 3 amide bonds. The SMILES string of the molecule is O=C(NCCN1C(=O)S/C(=C\c2ccccc2)C1=O)c1ccc2c(c1)CCC2. The smallest absolute Gasteiger partial charge is 0.293 e. The van der Waals surface area contributed by atoms with Gasteiger partial charge in [-0.25, -0.2) is 0 Å². The van der Waals surface area contributed by atoms with Gasteiger partial charge in [-0.1, -0.05) is 36.4 Å². The van der Waals surface area contributed by atoms with Crippen LogP contribution in [0.2, 0.25) is 0 Å². The van der Waals surface area contributed by atoms with E-state index in [1.807, 2.05) is 48.5 Å². The third-order valence-corrected chi connectivity index (χ3v) is 5.86. The van der Waals surface area contributed by atoms with E-state index in [-0.39, 0.29) is 30.1 Å². The number of fused-ring (bicyclic) bond motifs is 1. The second-order valence-electron chi connectivity index (χ2n) is 6.84. The van der Waals surface area contributed by atoms with Gasteiger partial charge < -0.3 is 5.32 Å². The van der Waals surface area contributed by atoms with Gasteiger partial charge in [-0.15, -0.1) is 0 Å². The van der Waals surface area contributed by atoms with Gasteiger partial charge in [0.25, 0.3) is 17.1 Å². The van der Waals surface area contributed by atoms with Crippen molar-refractivity contribution in [3.8, 4) is 0 Å². The number of carbonyl (C=O) groups is 3. The molecule has 0 radical (unpaired) electrons. The quantitative estimate of drug-likeness (QED) is 0.789. The minimum absolute atomic E-state index is 0.160. The number of rotatable bonds is 5. The lowest BCUT2D eigenvalue weighted by Crippen LogP contribution is -2.37. The summed E-state index contributed by atoms with van der Waals surface area (Å²) in [6, 6.07) is 15.2. The first kappa shape index (κ1) is 18.5. The molecule has 1 saturated heterocycles. The third-order valence-electron chi connectivity index (χ3n) is 4.95. The highest BCUT2D eigenvalue weighted by Gasteiger charge is 2.34. The van der Waals surface area contributed by atoms with E-state index in [1.54, 1.807) is 6.08 Å². The maximum atomic E-state index is 12.5. The lowest BCUT2D eigenvalue weighted by Gasteiger charge is -2.13. The topological polar surface area (TPSA) is 66.5 Å². The first-order valence-electron chi connectivity index (χ1n) is 9.32. The third kappa shape index (κ3) is 3.87. The molecule has 0 saturated carbocycles. The number of aryl methyl sites for hydroxylation is 2. The highest BCUT2D eigenvalue weighted by atomic mass is 32.2. The predicted molar refractivity (Wildman–Crippen MR) is 110 cm³/mol.